The van der Waals surface area contributed by atoms with E-state index in [1.165, 1.54) is 25.2 Å². The maximum absolute atomic E-state index is 13.0. The molecule has 2 aromatic rings. The summed E-state index contributed by atoms with van der Waals surface area (Å²) in [5.41, 5.74) is 1.90. The minimum atomic E-state index is -0.384. The Bertz CT molecular complexity index is 698. The van der Waals surface area contributed by atoms with Crippen LogP contribution < -0.4 is 10.6 Å². The summed E-state index contributed by atoms with van der Waals surface area (Å²) >= 11 is 0. The van der Waals surface area contributed by atoms with E-state index in [4.69, 9.17) is 0 Å². The van der Waals surface area contributed by atoms with Crippen LogP contribution in [0.2, 0.25) is 0 Å². The highest BCUT2D eigenvalue weighted by Crippen LogP contribution is 2.15. The fraction of sp³-hybridized carbons (Fsp3) is 0.125. The van der Waals surface area contributed by atoms with Crippen molar-refractivity contribution in [1.82, 2.24) is 5.32 Å². The normalized spacial score (nSPS) is 10.0. The monoisotopic (exact) mass is 286 g/mol. The van der Waals surface area contributed by atoms with Gasteiger partial charge in [-0.15, -0.1) is 0 Å². The lowest BCUT2D eigenvalue weighted by atomic mass is 10.1. The Kier molecular flexibility index (Phi) is 4.33. The summed E-state index contributed by atoms with van der Waals surface area (Å²) in [6.07, 6.45) is 0. The van der Waals surface area contributed by atoms with Crippen LogP contribution in [0.5, 0.6) is 0 Å². The van der Waals surface area contributed by atoms with Crippen LogP contribution in [0.15, 0.2) is 42.5 Å². The number of hydrogen-bond donors (Lipinski definition) is 2. The van der Waals surface area contributed by atoms with Crippen molar-refractivity contribution >= 4 is 17.5 Å². The van der Waals surface area contributed by atoms with E-state index in [-0.39, 0.29) is 17.6 Å². The number of amides is 2. The van der Waals surface area contributed by atoms with Gasteiger partial charge in [0, 0.05) is 23.9 Å². The summed E-state index contributed by atoms with van der Waals surface area (Å²) in [7, 11) is 1.54. The highest BCUT2D eigenvalue weighted by molar-refractivity contribution is 6.06. The van der Waals surface area contributed by atoms with Crippen LogP contribution in [0.4, 0.5) is 10.1 Å². The molecule has 0 atom stereocenters. The quantitative estimate of drug-likeness (QED) is 0.911. The molecule has 2 amide bonds. The molecule has 0 saturated carbocycles. The molecule has 0 spiro atoms. The molecule has 0 fully saturated rings. The second-order valence-corrected chi connectivity index (χ2v) is 4.57. The predicted molar refractivity (Wildman–Crippen MR) is 78.9 cm³/mol. The third kappa shape index (κ3) is 3.45. The van der Waals surface area contributed by atoms with E-state index in [0.29, 0.717) is 22.4 Å². The van der Waals surface area contributed by atoms with E-state index in [0.717, 1.165) is 0 Å². The smallest absolute Gasteiger partial charge is 0.255 e. The molecule has 2 aromatic carbocycles. The summed E-state index contributed by atoms with van der Waals surface area (Å²) in [6, 6.07) is 10.6. The summed E-state index contributed by atoms with van der Waals surface area (Å²) < 4.78 is 13.0. The Hall–Kier alpha value is -2.69. The van der Waals surface area contributed by atoms with E-state index in [2.05, 4.69) is 10.6 Å². The molecule has 0 aliphatic carbocycles. The number of hydrogen-bond acceptors (Lipinski definition) is 2. The van der Waals surface area contributed by atoms with E-state index in [1.54, 1.807) is 31.2 Å². The lowest BCUT2D eigenvalue weighted by Gasteiger charge is -2.09. The van der Waals surface area contributed by atoms with Gasteiger partial charge in [0.15, 0.2) is 0 Å². The second kappa shape index (κ2) is 6.17. The molecular formula is C16H15FN2O2. The van der Waals surface area contributed by atoms with Gasteiger partial charge in [0.2, 0.25) is 0 Å². The molecule has 2 N–H and O–H groups in total. The van der Waals surface area contributed by atoms with Gasteiger partial charge in [0.1, 0.15) is 5.82 Å². The van der Waals surface area contributed by atoms with E-state index in [1.807, 2.05) is 0 Å². The fourth-order valence-electron chi connectivity index (χ4n) is 1.96. The molecule has 108 valence electrons. The number of aryl methyl sites for hydroxylation is 1. The zero-order chi connectivity index (χ0) is 15.4. The standard InChI is InChI=1S/C16H15FN2O2/c1-10-8-12(17)6-7-14(10)16(21)19-13-5-3-4-11(9-13)15(20)18-2/h3-9H,1-2H3,(H,18,20)(H,19,21). The van der Waals surface area contributed by atoms with Crippen LogP contribution in [0.3, 0.4) is 0 Å². The van der Waals surface area contributed by atoms with Crippen molar-refractivity contribution in [3.8, 4) is 0 Å². The van der Waals surface area contributed by atoms with Crippen LogP contribution in [-0.2, 0) is 0 Å². The first-order valence-corrected chi connectivity index (χ1v) is 6.41. The number of carbonyl (C=O) groups is 2. The minimum Gasteiger partial charge on any atom is -0.355 e. The maximum Gasteiger partial charge on any atom is 0.255 e. The lowest BCUT2D eigenvalue weighted by molar-refractivity contribution is 0.0961. The molecule has 0 aliphatic heterocycles. The van der Waals surface area contributed by atoms with Gasteiger partial charge in [-0.25, -0.2) is 4.39 Å². The predicted octanol–water partition coefficient (Wildman–Crippen LogP) is 2.75. The zero-order valence-electron chi connectivity index (χ0n) is 11.7. The average molecular weight is 286 g/mol. The van der Waals surface area contributed by atoms with Gasteiger partial charge < -0.3 is 10.6 Å². The van der Waals surface area contributed by atoms with Crippen LogP contribution in [0.25, 0.3) is 0 Å². The van der Waals surface area contributed by atoms with Gasteiger partial charge in [0.25, 0.3) is 11.8 Å². The van der Waals surface area contributed by atoms with E-state index in [9.17, 15) is 14.0 Å². The van der Waals surface area contributed by atoms with Gasteiger partial charge in [-0.2, -0.15) is 0 Å². The van der Waals surface area contributed by atoms with Crippen LogP contribution in [0, 0.1) is 12.7 Å². The fourth-order valence-corrected chi connectivity index (χ4v) is 1.96. The highest BCUT2D eigenvalue weighted by Gasteiger charge is 2.11. The van der Waals surface area contributed by atoms with Crippen molar-refractivity contribution in [2.45, 2.75) is 6.92 Å². The molecule has 0 heterocycles. The molecule has 2 rings (SSSR count). The molecule has 0 aliphatic rings. The Morgan fingerprint density at radius 1 is 1.05 bits per heavy atom. The first-order chi connectivity index (χ1) is 10.0. The van der Waals surface area contributed by atoms with Crippen molar-refractivity contribution in [3.05, 3.63) is 65.0 Å². The number of anilines is 1. The van der Waals surface area contributed by atoms with Crippen molar-refractivity contribution < 1.29 is 14.0 Å². The molecule has 0 unspecified atom stereocenters. The van der Waals surface area contributed by atoms with Crippen molar-refractivity contribution in [3.63, 3.8) is 0 Å². The third-order valence-corrected chi connectivity index (χ3v) is 3.04. The molecule has 21 heavy (non-hydrogen) atoms. The van der Waals surface area contributed by atoms with Gasteiger partial charge in [-0.05, 0) is 48.9 Å². The molecule has 0 radical (unpaired) electrons. The SMILES string of the molecule is CNC(=O)c1cccc(NC(=O)c2ccc(F)cc2C)c1. The highest BCUT2D eigenvalue weighted by atomic mass is 19.1. The lowest BCUT2D eigenvalue weighted by Crippen LogP contribution is -2.18. The minimum absolute atomic E-state index is 0.232. The van der Waals surface area contributed by atoms with E-state index < -0.39 is 0 Å². The molecule has 5 heteroatoms. The zero-order valence-corrected chi connectivity index (χ0v) is 11.7. The van der Waals surface area contributed by atoms with Gasteiger partial charge in [-0.1, -0.05) is 6.07 Å². The topological polar surface area (TPSA) is 58.2 Å². The van der Waals surface area contributed by atoms with Gasteiger partial charge in [-0.3, -0.25) is 9.59 Å². The van der Waals surface area contributed by atoms with Crippen molar-refractivity contribution in [2.24, 2.45) is 0 Å². The first-order valence-electron chi connectivity index (χ1n) is 6.41. The number of halogens is 1. The average Bonchev–Trinajstić information content (AvgIpc) is 2.46. The summed E-state index contributed by atoms with van der Waals surface area (Å²) in [5, 5.41) is 5.21. The van der Waals surface area contributed by atoms with Crippen LogP contribution in [0.1, 0.15) is 26.3 Å². The van der Waals surface area contributed by atoms with Crippen molar-refractivity contribution in [1.29, 1.82) is 0 Å². The Morgan fingerprint density at radius 3 is 2.48 bits per heavy atom. The van der Waals surface area contributed by atoms with Crippen LogP contribution in [-0.4, -0.2) is 18.9 Å². The van der Waals surface area contributed by atoms with Gasteiger partial charge in [0.05, 0.1) is 0 Å². The molecular weight excluding hydrogens is 271 g/mol. The Balaban J connectivity index is 2.21. The van der Waals surface area contributed by atoms with Crippen LogP contribution >= 0.6 is 0 Å². The first kappa shape index (κ1) is 14.7. The summed E-state index contributed by atoms with van der Waals surface area (Å²) in [5.74, 6) is -0.962. The van der Waals surface area contributed by atoms with Gasteiger partial charge >= 0.3 is 0 Å². The second-order valence-electron chi connectivity index (χ2n) is 4.57. The Labute approximate surface area is 122 Å². The largest absolute Gasteiger partial charge is 0.355 e. The number of benzene rings is 2. The number of nitrogens with one attached hydrogen (secondary N) is 2. The summed E-state index contributed by atoms with van der Waals surface area (Å²) in [4.78, 5) is 23.7. The van der Waals surface area contributed by atoms with Crippen molar-refractivity contribution in [2.75, 3.05) is 12.4 Å². The molecule has 0 aromatic heterocycles. The number of rotatable bonds is 3. The summed E-state index contributed by atoms with van der Waals surface area (Å²) in [6.45, 7) is 1.67. The molecule has 0 saturated heterocycles. The number of carbonyl (C=O) groups excluding carboxylic acids is 2. The third-order valence-electron chi connectivity index (χ3n) is 3.04. The van der Waals surface area contributed by atoms with E-state index >= 15 is 0 Å². The Morgan fingerprint density at radius 2 is 1.81 bits per heavy atom. The maximum atomic E-state index is 13.0. The molecule has 4 nitrogen and oxygen atoms in total. The molecule has 0 bridgehead atoms.